The van der Waals surface area contributed by atoms with Gasteiger partial charge in [0.15, 0.2) is 0 Å². The molecule has 1 aromatic rings. The molecule has 116 valence electrons. The zero-order valence-corrected chi connectivity index (χ0v) is 13.7. The van der Waals surface area contributed by atoms with Gasteiger partial charge < -0.3 is 10.1 Å². The number of thiophene rings is 1. The molecule has 2 aliphatic carbocycles. The summed E-state index contributed by atoms with van der Waals surface area (Å²) < 4.78 is 6.24. The van der Waals surface area contributed by atoms with E-state index in [1.807, 2.05) is 11.3 Å². The standard InChI is InChI=1S/C18H27NOS/c1-2-9-18(10-3-1)13-14(7-11-20-18)19-16-5-4-6-17-15(16)8-12-21-17/h8,12,14,16,19H,1-7,9-11,13H2. The van der Waals surface area contributed by atoms with Gasteiger partial charge in [0, 0.05) is 23.6 Å². The van der Waals surface area contributed by atoms with Crippen LogP contribution in [0.2, 0.25) is 0 Å². The number of nitrogens with one attached hydrogen (secondary N) is 1. The summed E-state index contributed by atoms with van der Waals surface area (Å²) in [5, 5.41) is 6.27. The maximum Gasteiger partial charge on any atom is 0.0697 e. The summed E-state index contributed by atoms with van der Waals surface area (Å²) >= 11 is 1.95. The average molecular weight is 305 g/mol. The number of rotatable bonds is 2. The monoisotopic (exact) mass is 305 g/mol. The molecule has 1 aromatic heterocycles. The van der Waals surface area contributed by atoms with Crippen LogP contribution in [0.4, 0.5) is 0 Å². The molecule has 21 heavy (non-hydrogen) atoms. The topological polar surface area (TPSA) is 21.3 Å². The minimum absolute atomic E-state index is 0.223. The molecule has 2 heterocycles. The van der Waals surface area contributed by atoms with E-state index in [0.717, 1.165) is 6.61 Å². The Balaban J connectivity index is 1.43. The number of hydrogen-bond acceptors (Lipinski definition) is 3. The van der Waals surface area contributed by atoms with Crippen LogP contribution < -0.4 is 5.32 Å². The second-order valence-corrected chi connectivity index (χ2v) is 8.19. The first-order chi connectivity index (χ1) is 10.3. The van der Waals surface area contributed by atoms with E-state index < -0.39 is 0 Å². The molecule has 2 unspecified atom stereocenters. The molecule has 1 N–H and O–H groups in total. The van der Waals surface area contributed by atoms with Gasteiger partial charge in [-0.1, -0.05) is 19.3 Å². The van der Waals surface area contributed by atoms with E-state index in [1.54, 1.807) is 10.4 Å². The summed E-state index contributed by atoms with van der Waals surface area (Å²) in [7, 11) is 0. The van der Waals surface area contributed by atoms with Crippen LogP contribution in [0.1, 0.15) is 74.3 Å². The molecule has 2 fully saturated rings. The molecule has 1 aliphatic heterocycles. The second kappa shape index (κ2) is 6.02. The average Bonchev–Trinajstić information content (AvgIpc) is 2.98. The van der Waals surface area contributed by atoms with E-state index in [2.05, 4.69) is 16.8 Å². The third-order valence-corrected chi connectivity index (χ3v) is 6.74. The molecule has 3 aliphatic rings. The van der Waals surface area contributed by atoms with Crippen molar-refractivity contribution in [3.05, 3.63) is 21.9 Å². The van der Waals surface area contributed by atoms with Gasteiger partial charge in [-0.15, -0.1) is 11.3 Å². The van der Waals surface area contributed by atoms with Gasteiger partial charge in [0.25, 0.3) is 0 Å². The zero-order chi connectivity index (χ0) is 14.1. The molecule has 4 rings (SSSR count). The minimum Gasteiger partial charge on any atom is -0.375 e. The van der Waals surface area contributed by atoms with Crippen LogP contribution in [-0.2, 0) is 11.2 Å². The number of ether oxygens (including phenoxy) is 1. The molecular formula is C18H27NOS. The molecule has 1 saturated carbocycles. The van der Waals surface area contributed by atoms with Crippen LogP contribution >= 0.6 is 11.3 Å². The Morgan fingerprint density at radius 1 is 1.14 bits per heavy atom. The summed E-state index contributed by atoms with van der Waals surface area (Å²) in [4.78, 5) is 1.62. The fourth-order valence-electron chi connectivity index (χ4n) is 4.66. The first-order valence-corrected chi connectivity index (χ1v) is 9.69. The highest BCUT2D eigenvalue weighted by Gasteiger charge is 2.39. The first kappa shape index (κ1) is 14.2. The molecule has 0 radical (unpaired) electrons. The van der Waals surface area contributed by atoms with Crippen LogP contribution in [0.25, 0.3) is 0 Å². The Bertz CT molecular complexity index is 472. The van der Waals surface area contributed by atoms with Crippen molar-refractivity contribution in [2.45, 2.75) is 81.9 Å². The Morgan fingerprint density at radius 2 is 2.05 bits per heavy atom. The van der Waals surface area contributed by atoms with E-state index in [4.69, 9.17) is 4.74 Å². The molecular weight excluding hydrogens is 278 g/mol. The van der Waals surface area contributed by atoms with Crippen molar-refractivity contribution in [1.82, 2.24) is 5.32 Å². The molecule has 1 spiro atoms. The largest absolute Gasteiger partial charge is 0.375 e. The van der Waals surface area contributed by atoms with Crippen LogP contribution in [0, 0.1) is 0 Å². The van der Waals surface area contributed by atoms with Crippen LogP contribution in [0.3, 0.4) is 0 Å². The summed E-state index contributed by atoms with van der Waals surface area (Å²) in [6.45, 7) is 0.959. The highest BCUT2D eigenvalue weighted by Crippen LogP contribution is 2.40. The highest BCUT2D eigenvalue weighted by atomic mass is 32.1. The van der Waals surface area contributed by atoms with Gasteiger partial charge in [-0.05, 0) is 62.0 Å². The van der Waals surface area contributed by atoms with E-state index in [0.29, 0.717) is 12.1 Å². The molecule has 0 aromatic carbocycles. The van der Waals surface area contributed by atoms with Crippen molar-refractivity contribution in [2.75, 3.05) is 6.61 Å². The lowest BCUT2D eigenvalue weighted by molar-refractivity contribution is -0.110. The van der Waals surface area contributed by atoms with Gasteiger partial charge >= 0.3 is 0 Å². The lowest BCUT2D eigenvalue weighted by Crippen LogP contribution is -2.49. The van der Waals surface area contributed by atoms with Crippen molar-refractivity contribution in [3.8, 4) is 0 Å². The van der Waals surface area contributed by atoms with Crippen molar-refractivity contribution >= 4 is 11.3 Å². The summed E-state index contributed by atoms with van der Waals surface area (Å²) in [5.74, 6) is 0. The van der Waals surface area contributed by atoms with Crippen LogP contribution in [0.15, 0.2) is 11.4 Å². The van der Waals surface area contributed by atoms with Gasteiger partial charge in [0.2, 0.25) is 0 Å². The van der Waals surface area contributed by atoms with Gasteiger partial charge in [0.1, 0.15) is 0 Å². The quantitative estimate of drug-likeness (QED) is 0.862. The Kier molecular flexibility index (Phi) is 4.08. The van der Waals surface area contributed by atoms with Gasteiger partial charge in [-0.2, -0.15) is 0 Å². The number of hydrogen-bond donors (Lipinski definition) is 1. The van der Waals surface area contributed by atoms with E-state index >= 15 is 0 Å². The third-order valence-electron chi connectivity index (χ3n) is 5.75. The predicted molar refractivity (Wildman–Crippen MR) is 87.9 cm³/mol. The van der Waals surface area contributed by atoms with Gasteiger partial charge in [0.05, 0.1) is 5.60 Å². The first-order valence-electron chi connectivity index (χ1n) is 8.81. The molecule has 3 heteroatoms. The predicted octanol–water partition coefficient (Wildman–Crippen LogP) is 4.60. The van der Waals surface area contributed by atoms with Crippen molar-refractivity contribution in [3.63, 3.8) is 0 Å². The Labute approximate surface area is 132 Å². The van der Waals surface area contributed by atoms with Crippen LogP contribution in [0.5, 0.6) is 0 Å². The maximum absolute atomic E-state index is 6.24. The van der Waals surface area contributed by atoms with E-state index in [9.17, 15) is 0 Å². The van der Waals surface area contributed by atoms with E-state index in [1.165, 1.54) is 64.2 Å². The molecule has 0 amide bonds. The minimum atomic E-state index is 0.223. The van der Waals surface area contributed by atoms with Crippen molar-refractivity contribution in [1.29, 1.82) is 0 Å². The summed E-state index contributed by atoms with van der Waals surface area (Å²) in [6.07, 6.45) is 13.1. The maximum atomic E-state index is 6.24. The number of aryl methyl sites for hydroxylation is 1. The molecule has 0 bridgehead atoms. The molecule has 2 nitrogen and oxygen atoms in total. The fourth-order valence-corrected chi connectivity index (χ4v) is 5.65. The highest BCUT2D eigenvalue weighted by molar-refractivity contribution is 7.10. The Hall–Kier alpha value is -0.380. The summed E-state index contributed by atoms with van der Waals surface area (Å²) in [6, 6.07) is 3.61. The Morgan fingerprint density at radius 3 is 2.95 bits per heavy atom. The van der Waals surface area contributed by atoms with Gasteiger partial charge in [-0.3, -0.25) is 0 Å². The normalized spacial score (nSPS) is 32.0. The molecule has 1 saturated heterocycles. The third kappa shape index (κ3) is 2.93. The lowest BCUT2D eigenvalue weighted by Gasteiger charge is -2.44. The van der Waals surface area contributed by atoms with Crippen molar-refractivity contribution < 1.29 is 4.74 Å². The van der Waals surface area contributed by atoms with Crippen molar-refractivity contribution in [2.24, 2.45) is 0 Å². The number of fused-ring (bicyclic) bond motifs is 1. The smallest absolute Gasteiger partial charge is 0.0697 e. The summed E-state index contributed by atoms with van der Waals surface area (Å²) in [5.41, 5.74) is 1.82. The fraction of sp³-hybridized carbons (Fsp3) is 0.778. The van der Waals surface area contributed by atoms with E-state index in [-0.39, 0.29) is 5.60 Å². The second-order valence-electron chi connectivity index (χ2n) is 7.19. The lowest BCUT2D eigenvalue weighted by atomic mass is 9.78. The SMILES string of the molecule is c1cc2c(s1)CCCC2NC1CCOC2(CCCCC2)C1. The van der Waals surface area contributed by atoms with Crippen LogP contribution in [-0.4, -0.2) is 18.2 Å². The molecule has 2 atom stereocenters. The van der Waals surface area contributed by atoms with Gasteiger partial charge in [-0.25, -0.2) is 0 Å². The zero-order valence-electron chi connectivity index (χ0n) is 12.9.